The Morgan fingerprint density at radius 2 is 2.33 bits per heavy atom. The van der Waals surface area contributed by atoms with E-state index in [9.17, 15) is 9.59 Å². The van der Waals surface area contributed by atoms with Crippen LogP contribution in [-0.4, -0.2) is 35.7 Å². The van der Waals surface area contributed by atoms with E-state index >= 15 is 0 Å². The fraction of sp³-hybridized carbons (Fsp3) is 0.273. The zero-order valence-corrected chi connectivity index (χ0v) is 11.1. The van der Waals surface area contributed by atoms with Gasteiger partial charge in [-0.25, -0.2) is 4.79 Å². The van der Waals surface area contributed by atoms with Gasteiger partial charge in [-0.2, -0.15) is 0 Å². The summed E-state index contributed by atoms with van der Waals surface area (Å²) in [6, 6.07) is 4.87. The molecule has 96 valence electrons. The second-order valence-corrected chi connectivity index (χ2v) is 5.21. The van der Waals surface area contributed by atoms with Crippen molar-refractivity contribution in [1.29, 1.82) is 0 Å². The van der Waals surface area contributed by atoms with Gasteiger partial charge in [0.2, 0.25) is 5.91 Å². The summed E-state index contributed by atoms with van der Waals surface area (Å²) in [5, 5.41) is 3.05. The molecule has 1 heterocycles. The summed E-state index contributed by atoms with van der Waals surface area (Å²) < 4.78 is 0. The first-order valence-electron chi connectivity index (χ1n) is 5.34. The van der Waals surface area contributed by atoms with Gasteiger partial charge < -0.3 is 11.1 Å². The Morgan fingerprint density at radius 1 is 1.56 bits per heavy atom. The van der Waals surface area contributed by atoms with Crippen LogP contribution in [0.1, 0.15) is 0 Å². The van der Waals surface area contributed by atoms with Gasteiger partial charge >= 0.3 is 6.03 Å². The first-order valence-corrected chi connectivity index (χ1v) is 6.70. The third-order valence-electron chi connectivity index (χ3n) is 2.49. The summed E-state index contributed by atoms with van der Waals surface area (Å²) >= 11 is 7.21. The molecular formula is C11H12ClN3O2S. The van der Waals surface area contributed by atoms with Crippen molar-refractivity contribution in [3.63, 3.8) is 0 Å². The lowest BCUT2D eigenvalue weighted by molar-refractivity contribution is -0.124. The maximum absolute atomic E-state index is 11.8. The van der Waals surface area contributed by atoms with E-state index < -0.39 is 0 Å². The van der Waals surface area contributed by atoms with Crippen molar-refractivity contribution in [3.8, 4) is 0 Å². The minimum Gasteiger partial charge on any atom is -0.398 e. The van der Waals surface area contributed by atoms with Gasteiger partial charge in [-0.15, -0.1) is 11.8 Å². The van der Waals surface area contributed by atoms with Crippen LogP contribution in [0.15, 0.2) is 23.1 Å². The Kier molecular flexibility index (Phi) is 3.98. The molecule has 0 saturated carbocycles. The highest BCUT2D eigenvalue weighted by molar-refractivity contribution is 8.00. The number of nitrogen functional groups attached to an aromatic ring is 1. The Balaban J connectivity index is 1.93. The number of hydrogen-bond donors (Lipinski definition) is 2. The zero-order valence-electron chi connectivity index (χ0n) is 9.48. The van der Waals surface area contributed by atoms with Crippen molar-refractivity contribution in [2.24, 2.45) is 0 Å². The van der Waals surface area contributed by atoms with E-state index in [4.69, 9.17) is 17.3 Å². The molecule has 1 aromatic rings. The number of hydrogen-bond acceptors (Lipinski definition) is 4. The molecule has 0 aliphatic carbocycles. The highest BCUT2D eigenvalue weighted by Gasteiger charge is 2.25. The van der Waals surface area contributed by atoms with E-state index in [1.165, 1.54) is 16.7 Å². The first kappa shape index (κ1) is 13.0. The maximum atomic E-state index is 11.8. The number of halogens is 1. The van der Waals surface area contributed by atoms with Gasteiger partial charge in [0.15, 0.2) is 0 Å². The van der Waals surface area contributed by atoms with Crippen molar-refractivity contribution in [2.45, 2.75) is 4.90 Å². The van der Waals surface area contributed by atoms with Crippen molar-refractivity contribution in [3.05, 3.63) is 23.2 Å². The third-order valence-corrected chi connectivity index (χ3v) is 3.80. The summed E-state index contributed by atoms with van der Waals surface area (Å²) in [6.45, 7) is 0.948. The molecule has 0 aromatic heterocycles. The lowest BCUT2D eigenvalue weighted by Gasteiger charge is -2.11. The Labute approximate surface area is 114 Å². The van der Waals surface area contributed by atoms with Gasteiger partial charge in [-0.05, 0) is 18.2 Å². The van der Waals surface area contributed by atoms with E-state index in [1.807, 2.05) is 0 Å². The number of nitrogens with one attached hydrogen (secondary N) is 1. The number of anilines is 1. The minimum absolute atomic E-state index is 0.202. The SMILES string of the molecule is Nc1ccc(SCC(=O)N2CCNC2=O)cc1Cl. The molecule has 0 spiro atoms. The summed E-state index contributed by atoms with van der Waals surface area (Å²) in [7, 11) is 0. The molecule has 0 atom stereocenters. The number of thioether (sulfide) groups is 1. The van der Waals surface area contributed by atoms with E-state index in [-0.39, 0.29) is 17.7 Å². The number of imide groups is 1. The lowest BCUT2D eigenvalue weighted by Crippen LogP contribution is -2.35. The Bertz CT molecular complexity index is 495. The van der Waals surface area contributed by atoms with Crippen LogP contribution in [0.3, 0.4) is 0 Å². The lowest BCUT2D eigenvalue weighted by atomic mass is 10.3. The van der Waals surface area contributed by atoms with Gasteiger partial charge in [0, 0.05) is 18.0 Å². The van der Waals surface area contributed by atoms with E-state index in [0.717, 1.165) is 4.90 Å². The average molecular weight is 286 g/mol. The van der Waals surface area contributed by atoms with Gasteiger partial charge in [0.05, 0.1) is 16.5 Å². The number of urea groups is 1. The predicted molar refractivity (Wildman–Crippen MR) is 71.7 cm³/mol. The largest absolute Gasteiger partial charge is 0.398 e. The van der Waals surface area contributed by atoms with Crippen LogP contribution in [-0.2, 0) is 4.79 Å². The van der Waals surface area contributed by atoms with Gasteiger partial charge in [0.1, 0.15) is 0 Å². The molecule has 1 aliphatic rings. The van der Waals surface area contributed by atoms with Crippen LogP contribution in [0.25, 0.3) is 0 Å². The molecule has 1 aliphatic heterocycles. The highest BCUT2D eigenvalue weighted by Crippen LogP contribution is 2.26. The fourth-order valence-corrected chi connectivity index (χ4v) is 2.59. The first-order chi connectivity index (χ1) is 8.58. The topological polar surface area (TPSA) is 75.4 Å². The molecule has 1 saturated heterocycles. The van der Waals surface area contributed by atoms with Gasteiger partial charge in [0.25, 0.3) is 0 Å². The van der Waals surface area contributed by atoms with Gasteiger partial charge in [-0.1, -0.05) is 11.6 Å². The number of rotatable bonds is 3. The highest BCUT2D eigenvalue weighted by atomic mass is 35.5. The molecule has 0 unspecified atom stereocenters. The number of carbonyl (C=O) groups excluding carboxylic acids is 2. The Morgan fingerprint density at radius 3 is 2.94 bits per heavy atom. The molecule has 7 heteroatoms. The third kappa shape index (κ3) is 2.88. The molecule has 18 heavy (non-hydrogen) atoms. The van der Waals surface area contributed by atoms with E-state index in [1.54, 1.807) is 18.2 Å². The van der Waals surface area contributed by atoms with Crippen molar-refractivity contribution >= 4 is 41.0 Å². The average Bonchev–Trinajstić information content (AvgIpc) is 2.77. The van der Waals surface area contributed by atoms with Gasteiger partial charge in [-0.3, -0.25) is 9.69 Å². The van der Waals surface area contributed by atoms with E-state index in [2.05, 4.69) is 5.32 Å². The smallest absolute Gasteiger partial charge is 0.324 e. The molecule has 1 aromatic carbocycles. The van der Waals surface area contributed by atoms with E-state index in [0.29, 0.717) is 23.8 Å². The quantitative estimate of drug-likeness (QED) is 0.653. The number of carbonyl (C=O) groups is 2. The second-order valence-electron chi connectivity index (χ2n) is 3.75. The summed E-state index contributed by atoms with van der Waals surface area (Å²) in [6.07, 6.45) is 0. The monoisotopic (exact) mass is 285 g/mol. The van der Waals surface area contributed by atoms with Crippen LogP contribution in [0.2, 0.25) is 5.02 Å². The number of nitrogens with zero attached hydrogens (tertiary/aromatic N) is 1. The second kappa shape index (κ2) is 5.49. The molecule has 0 radical (unpaired) electrons. The van der Waals surface area contributed by atoms with Crippen LogP contribution in [0.4, 0.5) is 10.5 Å². The molecule has 1 fully saturated rings. The minimum atomic E-state index is -0.323. The number of amides is 3. The molecule has 2 rings (SSSR count). The van der Waals surface area contributed by atoms with Crippen molar-refractivity contribution in [2.75, 3.05) is 24.6 Å². The molecule has 3 N–H and O–H groups in total. The molecule has 3 amide bonds. The fourth-order valence-electron chi connectivity index (χ4n) is 1.53. The van der Waals surface area contributed by atoms with Crippen LogP contribution >= 0.6 is 23.4 Å². The Hall–Kier alpha value is -1.40. The van der Waals surface area contributed by atoms with Crippen molar-refractivity contribution < 1.29 is 9.59 Å². The summed E-state index contributed by atoms with van der Waals surface area (Å²) in [4.78, 5) is 25.1. The van der Waals surface area contributed by atoms with Crippen LogP contribution in [0, 0.1) is 0 Å². The molecule has 0 bridgehead atoms. The standard InChI is InChI=1S/C11H12ClN3O2S/c12-8-5-7(1-2-9(8)13)18-6-10(16)15-4-3-14-11(15)17/h1-2,5H,3-4,6,13H2,(H,14,17). The zero-order chi connectivity index (χ0) is 13.1. The van der Waals surface area contributed by atoms with Crippen molar-refractivity contribution in [1.82, 2.24) is 10.2 Å². The summed E-state index contributed by atoms with van der Waals surface area (Å²) in [5.41, 5.74) is 6.10. The number of nitrogens with two attached hydrogens (primary N) is 1. The predicted octanol–water partition coefficient (Wildman–Crippen LogP) is 1.57. The normalized spacial score (nSPS) is 14.7. The molecular weight excluding hydrogens is 274 g/mol. The summed E-state index contributed by atoms with van der Waals surface area (Å²) in [5.74, 6) is -0.00355. The molecule has 5 nitrogen and oxygen atoms in total. The van der Waals surface area contributed by atoms with Crippen LogP contribution < -0.4 is 11.1 Å². The number of benzene rings is 1. The maximum Gasteiger partial charge on any atom is 0.324 e. The van der Waals surface area contributed by atoms with Crippen LogP contribution in [0.5, 0.6) is 0 Å².